The summed E-state index contributed by atoms with van der Waals surface area (Å²) in [6.45, 7) is 0.234. The van der Waals surface area contributed by atoms with Crippen LogP contribution in [0.15, 0.2) is 41.5 Å². The first-order valence-electron chi connectivity index (χ1n) is 6.89. The first-order chi connectivity index (χ1) is 11.1. The van der Waals surface area contributed by atoms with Crippen LogP contribution in [0.2, 0.25) is 0 Å². The Bertz CT molecular complexity index is 754. The first-order valence-corrected chi connectivity index (χ1v) is 6.89. The van der Waals surface area contributed by atoms with E-state index < -0.39 is 0 Å². The van der Waals surface area contributed by atoms with Crippen molar-refractivity contribution in [1.82, 2.24) is 4.98 Å². The highest BCUT2D eigenvalue weighted by atomic mass is 19.1. The summed E-state index contributed by atoms with van der Waals surface area (Å²) >= 11 is 0. The van der Waals surface area contributed by atoms with Gasteiger partial charge < -0.3 is 15.8 Å². The molecule has 0 spiro atoms. The summed E-state index contributed by atoms with van der Waals surface area (Å²) in [7, 11) is 1.52. The zero-order chi connectivity index (χ0) is 16.7. The number of nitriles is 1. The Morgan fingerprint density at radius 1 is 1.39 bits per heavy atom. The van der Waals surface area contributed by atoms with Gasteiger partial charge in [0.15, 0.2) is 0 Å². The van der Waals surface area contributed by atoms with E-state index in [0.717, 1.165) is 0 Å². The third kappa shape index (κ3) is 4.68. The largest absolute Gasteiger partial charge is 0.465 e. The molecule has 1 aromatic heterocycles. The van der Waals surface area contributed by atoms with E-state index in [4.69, 9.17) is 15.7 Å². The van der Waals surface area contributed by atoms with Crippen LogP contribution in [-0.2, 0) is 11.2 Å². The number of pyridine rings is 1. The van der Waals surface area contributed by atoms with Crippen LogP contribution >= 0.6 is 0 Å². The summed E-state index contributed by atoms with van der Waals surface area (Å²) in [6, 6.07) is 10.1. The molecule has 1 heterocycles. The zero-order valence-electron chi connectivity index (χ0n) is 12.6. The number of hydrogen-bond donors (Lipinski definition) is 2. The van der Waals surface area contributed by atoms with Gasteiger partial charge in [0.2, 0.25) is 0 Å². The summed E-state index contributed by atoms with van der Waals surface area (Å²) < 4.78 is 19.0. The van der Waals surface area contributed by atoms with E-state index in [1.165, 1.54) is 19.3 Å². The Balaban J connectivity index is 2.08. The summed E-state index contributed by atoms with van der Waals surface area (Å²) in [5.74, 6) is -0.321. The maximum atomic E-state index is 13.8. The van der Waals surface area contributed by atoms with E-state index >= 15 is 0 Å². The predicted molar refractivity (Wildman–Crippen MR) is 85.8 cm³/mol. The van der Waals surface area contributed by atoms with Gasteiger partial charge >= 0.3 is 0 Å². The number of anilines is 2. The van der Waals surface area contributed by atoms with E-state index in [1.54, 1.807) is 24.3 Å². The Kier molecular flexibility index (Phi) is 5.47. The molecule has 0 saturated carbocycles. The molecule has 0 amide bonds. The van der Waals surface area contributed by atoms with Gasteiger partial charge in [0.1, 0.15) is 17.6 Å². The lowest BCUT2D eigenvalue weighted by Crippen LogP contribution is -2.17. The molecule has 2 rings (SSSR count). The van der Waals surface area contributed by atoms with Gasteiger partial charge in [-0.25, -0.2) is 14.4 Å². The number of ether oxygens (including phenoxy) is 1. The number of nitrogens with two attached hydrogens (primary N) is 1. The van der Waals surface area contributed by atoms with Gasteiger partial charge in [-0.3, -0.25) is 0 Å². The highest BCUT2D eigenvalue weighted by Crippen LogP contribution is 2.20. The zero-order valence-corrected chi connectivity index (χ0v) is 12.6. The lowest BCUT2D eigenvalue weighted by Gasteiger charge is -2.10. The minimum absolute atomic E-state index is 0.0699. The molecule has 118 valence electrons. The molecule has 0 aliphatic carbocycles. The predicted octanol–water partition coefficient (Wildman–Crippen LogP) is 2.34. The van der Waals surface area contributed by atoms with E-state index in [9.17, 15) is 4.39 Å². The molecule has 0 fully saturated rings. The molecule has 0 atom stereocenters. The molecule has 0 bridgehead atoms. The molecular weight excluding hydrogens is 297 g/mol. The lowest BCUT2D eigenvalue weighted by atomic mass is 10.1. The highest BCUT2D eigenvalue weighted by Gasteiger charge is 2.05. The van der Waals surface area contributed by atoms with Gasteiger partial charge in [0, 0.05) is 31.0 Å². The van der Waals surface area contributed by atoms with Crippen LogP contribution in [0.25, 0.3) is 0 Å². The summed E-state index contributed by atoms with van der Waals surface area (Å²) in [5, 5.41) is 12.0. The van der Waals surface area contributed by atoms with Gasteiger partial charge in [-0.2, -0.15) is 5.26 Å². The van der Waals surface area contributed by atoms with E-state index in [2.05, 4.69) is 15.3 Å². The van der Waals surface area contributed by atoms with Crippen LogP contribution in [0.4, 0.5) is 15.8 Å². The van der Waals surface area contributed by atoms with E-state index in [1.807, 2.05) is 6.07 Å². The van der Waals surface area contributed by atoms with Crippen molar-refractivity contribution in [3.05, 3.63) is 53.6 Å². The van der Waals surface area contributed by atoms with Crippen LogP contribution in [0.1, 0.15) is 11.3 Å². The first kappa shape index (κ1) is 16.2. The average Bonchev–Trinajstić information content (AvgIpc) is 2.57. The number of halogens is 1. The highest BCUT2D eigenvalue weighted by molar-refractivity contribution is 5.71. The normalized spacial score (nSPS) is 10.9. The molecule has 23 heavy (non-hydrogen) atoms. The summed E-state index contributed by atoms with van der Waals surface area (Å²) in [4.78, 5) is 7.56. The number of hydrogen-bond acceptors (Lipinski definition) is 5. The molecule has 0 aliphatic rings. The Hall–Kier alpha value is -3.14. The molecule has 0 saturated heterocycles. The smallest absolute Gasteiger partial charge is 0.281 e. The minimum Gasteiger partial charge on any atom is -0.465 e. The molecule has 2 aromatic rings. The second-order valence-electron chi connectivity index (χ2n) is 4.63. The number of aliphatic imine (C=N–C) groups is 1. The van der Waals surface area contributed by atoms with Crippen molar-refractivity contribution < 1.29 is 9.13 Å². The summed E-state index contributed by atoms with van der Waals surface area (Å²) in [5.41, 5.74) is 7.63. The van der Waals surface area contributed by atoms with Crippen molar-refractivity contribution in [2.75, 3.05) is 19.0 Å². The third-order valence-electron chi connectivity index (χ3n) is 3.05. The second kappa shape index (κ2) is 7.75. The molecule has 3 N–H and O–H groups in total. The van der Waals surface area contributed by atoms with Crippen LogP contribution in [0.5, 0.6) is 0 Å². The second-order valence-corrected chi connectivity index (χ2v) is 4.63. The van der Waals surface area contributed by atoms with Gasteiger partial charge in [0.25, 0.3) is 6.02 Å². The minimum atomic E-state index is -0.321. The average molecular weight is 313 g/mol. The molecule has 7 heteroatoms. The van der Waals surface area contributed by atoms with Crippen molar-refractivity contribution in [3.8, 4) is 6.07 Å². The van der Waals surface area contributed by atoms with Gasteiger partial charge in [-0.15, -0.1) is 0 Å². The van der Waals surface area contributed by atoms with Gasteiger partial charge in [-0.1, -0.05) is 0 Å². The lowest BCUT2D eigenvalue weighted by molar-refractivity contribution is 0.301. The van der Waals surface area contributed by atoms with Crippen LogP contribution < -0.4 is 11.1 Å². The molecular formula is C16H16FN5O. The van der Waals surface area contributed by atoms with Gasteiger partial charge in [0.05, 0.1) is 6.61 Å². The number of nitrogens with one attached hydrogen (secondary N) is 1. The van der Waals surface area contributed by atoms with E-state index in [0.29, 0.717) is 29.1 Å². The van der Waals surface area contributed by atoms with Crippen molar-refractivity contribution in [3.63, 3.8) is 0 Å². The number of benzene rings is 1. The Morgan fingerprint density at radius 3 is 2.91 bits per heavy atom. The maximum Gasteiger partial charge on any atom is 0.281 e. The van der Waals surface area contributed by atoms with Gasteiger partial charge in [-0.05, 0) is 35.9 Å². The fourth-order valence-corrected chi connectivity index (χ4v) is 1.91. The van der Waals surface area contributed by atoms with Crippen molar-refractivity contribution >= 4 is 17.4 Å². The number of aromatic nitrogens is 1. The SMILES string of the molecule is C/N=C(/N)OCCc1cc(Nc2ccnc(C#N)c2)ccc1F. The third-order valence-corrected chi connectivity index (χ3v) is 3.05. The number of amidine groups is 1. The van der Waals surface area contributed by atoms with Crippen molar-refractivity contribution in [1.29, 1.82) is 5.26 Å². The van der Waals surface area contributed by atoms with E-state index in [-0.39, 0.29) is 18.4 Å². The Labute approximate surface area is 133 Å². The molecule has 0 radical (unpaired) electrons. The fraction of sp³-hybridized carbons (Fsp3) is 0.188. The number of nitrogens with zero attached hydrogens (tertiary/aromatic N) is 3. The summed E-state index contributed by atoms with van der Waals surface area (Å²) in [6.07, 6.45) is 1.89. The van der Waals surface area contributed by atoms with Crippen LogP contribution in [0, 0.1) is 17.1 Å². The topological polar surface area (TPSA) is 96.3 Å². The standard InChI is InChI=1S/C16H16FN5O/c1-20-16(19)23-7-5-11-8-12(2-3-15(11)17)22-13-4-6-21-14(9-13)10-18/h2-4,6,8-9H,5,7H2,1H3,(H2,19,20)(H,21,22). The monoisotopic (exact) mass is 313 g/mol. The molecule has 6 nitrogen and oxygen atoms in total. The number of rotatable bonds is 5. The molecule has 1 aromatic carbocycles. The van der Waals surface area contributed by atoms with Crippen LogP contribution in [0.3, 0.4) is 0 Å². The fourth-order valence-electron chi connectivity index (χ4n) is 1.91. The quantitative estimate of drug-likeness (QED) is 0.652. The van der Waals surface area contributed by atoms with Crippen molar-refractivity contribution in [2.45, 2.75) is 6.42 Å². The Morgan fingerprint density at radius 2 is 2.17 bits per heavy atom. The van der Waals surface area contributed by atoms with Crippen LogP contribution in [-0.4, -0.2) is 24.7 Å². The van der Waals surface area contributed by atoms with Crippen molar-refractivity contribution in [2.24, 2.45) is 10.7 Å². The molecule has 0 unspecified atom stereocenters. The molecule has 0 aliphatic heterocycles. The maximum absolute atomic E-state index is 13.8.